The molecule has 0 aliphatic carbocycles. The van der Waals surface area contributed by atoms with E-state index in [9.17, 15) is 13.9 Å². The van der Waals surface area contributed by atoms with E-state index in [4.69, 9.17) is 9.47 Å². The number of fused-ring (bicyclic) bond motifs is 1. The Morgan fingerprint density at radius 3 is 2.54 bits per heavy atom. The quantitative estimate of drug-likeness (QED) is 0.423. The maximum absolute atomic E-state index is 13.9. The minimum absolute atomic E-state index is 0.0129. The molecule has 0 unspecified atom stereocenters. The van der Waals surface area contributed by atoms with Gasteiger partial charge in [-0.25, -0.2) is 4.39 Å². The molecule has 2 aliphatic rings. The number of likely N-dealkylation sites (tertiary alicyclic amines) is 1. The van der Waals surface area contributed by atoms with Crippen LogP contribution in [0.4, 0.5) is 8.78 Å². The molecule has 0 bridgehead atoms. The predicted octanol–water partition coefficient (Wildman–Crippen LogP) is 5.84. The van der Waals surface area contributed by atoms with Gasteiger partial charge in [-0.1, -0.05) is 24.3 Å². The minimum atomic E-state index is -0.323. The molecule has 1 N–H and O–H groups in total. The highest BCUT2D eigenvalue weighted by Gasteiger charge is 2.34. The number of rotatable bonds is 8. The van der Waals surface area contributed by atoms with E-state index < -0.39 is 0 Å². The molecule has 184 valence electrons. The van der Waals surface area contributed by atoms with Crippen LogP contribution in [0.15, 0.2) is 65.6 Å². The fraction of sp³-hybridized carbons (Fsp3) is 0.357. The number of thioether (sulfide) groups is 1. The molecule has 35 heavy (non-hydrogen) atoms. The van der Waals surface area contributed by atoms with Crippen molar-refractivity contribution in [3.63, 3.8) is 0 Å². The molecule has 0 amide bonds. The number of phenols is 1. The summed E-state index contributed by atoms with van der Waals surface area (Å²) in [6.07, 6.45) is 0. The molecule has 2 aliphatic heterocycles. The summed E-state index contributed by atoms with van der Waals surface area (Å²) in [5.41, 5.74) is 3.21. The van der Waals surface area contributed by atoms with Gasteiger partial charge in [0, 0.05) is 54.1 Å². The molecule has 0 spiro atoms. The largest absolute Gasteiger partial charge is 0.508 e. The molecule has 7 heteroatoms. The predicted molar refractivity (Wildman–Crippen MR) is 134 cm³/mol. The van der Waals surface area contributed by atoms with Gasteiger partial charge in [-0.3, -0.25) is 9.29 Å². The summed E-state index contributed by atoms with van der Waals surface area (Å²) >= 11 is 1.69. The van der Waals surface area contributed by atoms with Crippen LogP contribution < -0.4 is 9.47 Å². The van der Waals surface area contributed by atoms with Crippen molar-refractivity contribution in [2.45, 2.75) is 16.7 Å². The van der Waals surface area contributed by atoms with E-state index in [2.05, 4.69) is 17.0 Å². The third-order valence-corrected chi connectivity index (χ3v) is 8.10. The van der Waals surface area contributed by atoms with Gasteiger partial charge in [-0.2, -0.15) is 0 Å². The molecule has 0 aromatic heterocycles. The highest BCUT2D eigenvalue weighted by Crippen LogP contribution is 2.51. The number of methoxy groups -OCH3 is 1. The Kier molecular flexibility index (Phi) is 7.16. The summed E-state index contributed by atoms with van der Waals surface area (Å²) in [5.74, 6) is 2.30. The number of aromatic hydroxyl groups is 1. The average molecular weight is 498 g/mol. The maximum Gasteiger partial charge on any atom is 0.126 e. The fourth-order valence-corrected chi connectivity index (χ4v) is 6.39. The van der Waals surface area contributed by atoms with E-state index in [1.54, 1.807) is 24.9 Å². The van der Waals surface area contributed by atoms with Crippen LogP contribution in [0.25, 0.3) is 0 Å². The van der Waals surface area contributed by atoms with Crippen molar-refractivity contribution in [3.05, 3.63) is 83.2 Å². The Bertz CT molecular complexity index is 1170. The normalized spacial score (nSPS) is 20.2. The van der Waals surface area contributed by atoms with E-state index in [1.807, 2.05) is 30.3 Å². The molecule has 1 fully saturated rings. The second kappa shape index (κ2) is 10.5. The highest BCUT2D eigenvalue weighted by molar-refractivity contribution is 7.99. The first-order valence-electron chi connectivity index (χ1n) is 11.9. The third-order valence-electron chi connectivity index (χ3n) is 6.91. The summed E-state index contributed by atoms with van der Waals surface area (Å²) in [6, 6.07) is 18.4. The average Bonchev–Trinajstić information content (AvgIpc) is 2.85. The summed E-state index contributed by atoms with van der Waals surface area (Å²) in [6.45, 7) is 2.73. The topological polar surface area (TPSA) is 41.9 Å². The lowest BCUT2D eigenvalue weighted by Gasteiger charge is -2.37. The summed E-state index contributed by atoms with van der Waals surface area (Å²) in [4.78, 5) is 3.25. The lowest BCUT2D eigenvalue weighted by molar-refractivity contribution is 0.0668. The second-order valence-corrected chi connectivity index (χ2v) is 10.3. The first-order chi connectivity index (χ1) is 17.1. The SMILES string of the molecule is COc1cc(F)ccc1[C@H]1CSc2cc(O)ccc2[C@H]1c1ccc(OCCN2CC(CF)C2)cc1. The molecule has 1 saturated heterocycles. The number of hydrogen-bond donors (Lipinski definition) is 1. The summed E-state index contributed by atoms with van der Waals surface area (Å²) < 4.78 is 38.0. The lowest BCUT2D eigenvalue weighted by atomic mass is 9.77. The van der Waals surface area contributed by atoms with Gasteiger partial charge in [-0.15, -0.1) is 11.8 Å². The smallest absolute Gasteiger partial charge is 0.126 e. The Morgan fingerprint density at radius 2 is 1.80 bits per heavy atom. The standard InChI is InChI=1S/C28H29F2NO3S/c1-33-26-12-20(30)4-8-23(26)25-17-35-27-13-21(32)5-9-24(27)28(25)19-2-6-22(7-3-19)34-11-10-31-15-18(14-29)16-31/h2-9,12-13,18,25,28,32H,10-11,14-17H2,1H3/t25-,28-/m1/s1. The minimum Gasteiger partial charge on any atom is -0.508 e. The molecule has 2 heterocycles. The van der Waals surface area contributed by atoms with Crippen molar-refractivity contribution < 1.29 is 23.4 Å². The van der Waals surface area contributed by atoms with Crippen LogP contribution in [0.3, 0.4) is 0 Å². The van der Waals surface area contributed by atoms with Gasteiger partial charge >= 0.3 is 0 Å². The molecular formula is C28H29F2NO3S. The molecule has 0 radical (unpaired) electrons. The summed E-state index contributed by atoms with van der Waals surface area (Å²) in [5, 5.41) is 10.0. The number of alkyl halides is 1. The van der Waals surface area contributed by atoms with Crippen LogP contribution in [-0.2, 0) is 0 Å². The van der Waals surface area contributed by atoms with E-state index in [0.717, 1.165) is 52.7 Å². The van der Waals surface area contributed by atoms with Gasteiger partial charge in [0.2, 0.25) is 0 Å². The third kappa shape index (κ3) is 5.11. The summed E-state index contributed by atoms with van der Waals surface area (Å²) in [7, 11) is 1.57. The molecule has 2 atom stereocenters. The van der Waals surface area contributed by atoms with Crippen molar-refractivity contribution in [1.29, 1.82) is 0 Å². The first-order valence-corrected chi connectivity index (χ1v) is 12.8. The van der Waals surface area contributed by atoms with Crippen molar-refractivity contribution in [2.24, 2.45) is 5.92 Å². The van der Waals surface area contributed by atoms with Crippen LogP contribution in [-0.4, -0.2) is 55.8 Å². The Morgan fingerprint density at radius 1 is 1.03 bits per heavy atom. The van der Waals surface area contributed by atoms with Crippen molar-refractivity contribution in [1.82, 2.24) is 4.90 Å². The van der Waals surface area contributed by atoms with E-state index >= 15 is 0 Å². The van der Waals surface area contributed by atoms with E-state index in [0.29, 0.717) is 12.4 Å². The van der Waals surface area contributed by atoms with Gasteiger partial charge in [0.05, 0.1) is 13.8 Å². The van der Waals surface area contributed by atoms with Crippen LogP contribution in [0.1, 0.15) is 28.5 Å². The number of benzene rings is 3. The first kappa shape index (κ1) is 23.9. The van der Waals surface area contributed by atoms with E-state index in [-0.39, 0.29) is 36.0 Å². The van der Waals surface area contributed by atoms with Gasteiger partial charge in [0.25, 0.3) is 0 Å². The second-order valence-electron chi connectivity index (χ2n) is 9.20. The molecule has 5 rings (SSSR count). The van der Waals surface area contributed by atoms with Gasteiger partial charge in [0.1, 0.15) is 29.7 Å². The maximum atomic E-state index is 13.9. The number of nitrogens with zero attached hydrogens (tertiary/aromatic N) is 1. The lowest BCUT2D eigenvalue weighted by Crippen LogP contribution is -2.49. The molecule has 3 aromatic carbocycles. The number of ether oxygens (including phenoxy) is 2. The molecule has 0 saturated carbocycles. The number of phenolic OH excluding ortho intramolecular Hbond substituents is 1. The van der Waals surface area contributed by atoms with Crippen LogP contribution in [0.2, 0.25) is 0 Å². The van der Waals surface area contributed by atoms with Gasteiger partial charge in [0.15, 0.2) is 0 Å². The monoisotopic (exact) mass is 497 g/mol. The van der Waals surface area contributed by atoms with Crippen LogP contribution >= 0.6 is 11.8 Å². The number of hydrogen-bond acceptors (Lipinski definition) is 5. The van der Waals surface area contributed by atoms with Crippen molar-refractivity contribution in [3.8, 4) is 17.2 Å². The van der Waals surface area contributed by atoms with Gasteiger partial charge < -0.3 is 14.6 Å². The van der Waals surface area contributed by atoms with Crippen LogP contribution in [0.5, 0.6) is 17.2 Å². The fourth-order valence-electron chi connectivity index (χ4n) is 5.09. The van der Waals surface area contributed by atoms with Crippen molar-refractivity contribution >= 4 is 11.8 Å². The zero-order valence-electron chi connectivity index (χ0n) is 19.6. The highest BCUT2D eigenvalue weighted by atomic mass is 32.2. The van der Waals surface area contributed by atoms with Crippen LogP contribution in [0, 0.1) is 11.7 Å². The number of halogens is 2. The van der Waals surface area contributed by atoms with Crippen molar-refractivity contribution in [2.75, 3.05) is 45.8 Å². The Balaban J connectivity index is 1.39. The molecular weight excluding hydrogens is 468 g/mol. The zero-order chi connectivity index (χ0) is 24.4. The Hall–Kier alpha value is -2.77. The molecule has 3 aromatic rings. The zero-order valence-corrected chi connectivity index (χ0v) is 20.4. The molecule has 4 nitrogen and oxygen atoms in total. The van der Waals surface area contributed by atoms with E-state index in [1.165, 1.54) is 12.1 Å². The Labute approximate surface area is 208 Å². The van der Waals surface area contributed by atoms with Gasteiger partial charge in [-0.05, 0) is 47.0 Å².